The van der Waals surface area contributed by atoms with Crippen LogP contribution in [-0.2, 0) is 14.3 Å². The Labute approximate surface area is 114 Å². The molecule has 110 valence electrons. The monoisotopic (exact) mass is 271 g/mol. The largest absolute Gasteiger partial charge is 0.377 e. The van der Waals surface area contributed by atoms with Gasteiger partial charge in [-0.05, 0) is 20.4 Å². The number of morpholine rings is 1. The molecule has 2 N–H and O–H groups in total. The van der Waals surface area contributed by atoms with Gasteiger partial charge in [0.05, 0.1) is 13.2 Å². The van der Waals surface area contributed by atoms with Gasteiger partial charge in [0, 0.05) is 25.6 Å². The van der Waals surface area contributed by atoms with Crippen molar-refractivity contribution in [2.45, 2.75) is 39.3 Å². The summed E-state index contributed by atoms with van der Waals surface area (Å²) in [5.41, 5.74) is 0. The van der Waals surface area contributed by atoms with Crippen molar-refractivity contribution in [3.63, 3.8) is 0 Å². The Morgan fingerprint density at radius 2 is 2.16 bits per heavy atom. The quantitative estimate of drug-likeness (QED) is 0.653. The predicted molar refractivity (Wildman–Crippen MR) is 72.8 cm³/mol. The van der Waals surface area contributed by atoms with E-state index in [1.54, 1.807) is 4.90 Å². The second kappa shape index (κ2) is 8.12. The van der Waals surface area contributed by atoms with Crippen molar-refractivity contribution in [1.29, 1.82) is 0 Å². The molecular weight excluding hydrogens is 246 g/mol. The van der Waals surface area contributed by atoms with Crippen molar-refractivity contribution in [3.05, 3.63) is 0 Å². The molecule has 1 rings (SSSR count). The summed E-state index contributed by atoms with van der Waals surface area (Å²) in [6.45, 7) is 8.56. The third kappa shape index (κ3) is 5.16. The number of amides is 2. The molecule has 6 heteroatoms. The van der Waals surface area contributed by atoms with Gasteiger partial charge in [-0.2, -0.15) is 0 Å². The molecule has 0 saturated carbocycles. The molecule has 0 aromatic heterocycles. The lowest BCUT2D eigenvalue weighted by Gasteiger charge is -2.35. The maximum atomic E-state index is 12.1. The van der Waals surface area contributed by atoms with E-state index in [1.807, 2.05) is 20.8 Å². The fraction of sp³-hybridized carbons (Fsp3) is 0.846. The fourth-order valence-corrected chi connectivity index (χ4v) is 2.02. The Bertz CT molecular complexity index is 308. The Kier molecular flexibility index (Phi) is 6.80. The van der Waals surface area contributed by atoms with Crippen molar-refractivity contribution in [2.24, 2.45) is 0 Å². The molecule has 0 bridgehead atoms. The summed E-state index contributed by atoms with van der Waals surface area (Å²) in [4.78, 5) is 25.8. The zero-order chi connectivity index (χ0) is 14.3. The van der Waals surface area contributed by atoms with Crippen LogP contribution < -0.4 is 10.6 Å². The maximum absolute atomic E-state index is 12.1. The molecule has 1 saturated heterocycles. The third-order valence-electron chi connectivity index (χ3n) is 2.95. The smallest absolute Gasteiger partial charge is 0.245 e. The average Bonchev–Trinajstić information content (AvgIpc) is 2.38. The number of nitrogens with zero attached hydrogens (tertiary/aromatic N) is 1. The normalized spacial score (nSPS) is 19.6. The highest BCUT2D eigenvalue weighted by Crippen LogP contribution is 2.09. The fourth-order valence-electron chi connectivity index (χ4n) is 2.02. The summed E-state index contributed by atoms with van der Waals surface area (Å²) in [6.07, 6.45) is 0.416. The topological polar surface area (TPSA) is 70.7 Å². The summed E-state index contributed by atoms with van der Waals surface area (Å²) >= 11 is 0. The van der Waals surface area contributed by atoms with Crippen molar-refractivity contribution in [2.75, 3.05) is 32.8 Å². The number of nitrogens with one attached hydrogen (secondary N) is 2. The molecule has 19 heavy (non-hydrogen) atoms. The van der Waals surface area contributed by atoms with Crippen LogP contribution in [-0.4, -0.2) is 61.6 Å². The van der Waals surface area contributed by atoms with Crippen LogP contribution in [0, 0.1) is 0 Å². The predicted octanol–water partition coefficient (Wildman–Crippen LogP) is -0.262. The molecule has 1 unspecified atom stereocenters. The number of carbonyl (C=O) groups is 2. The van der Waals surface area contributed by atoms with Crippen molar-refractivity contribution in [1.82, 2.24) is 15.5 Å². The molecule has 0 aliphatic carbocycles. The SMILES string of the molecule is CCNCCC(=O)N1CCOCC1C(=O)NC(C)C. The van der Waals surface area contributed by atoms with E-state index in [0.717, 1.165) is 6.54 Å². The van der Waals surface area contributed by atoms with E-state index in [9.17, 15) is 9.59 Å². The Morgan fingerprint density at radius 3 is 2.79 bits per heavy atom. The number of hydrogen-bond acceptors (Lipinski definition) is 4. The van der Waals surface area contributed by atoms with Crippen LogP contribution >= 0.6 is 0 Å². The van der Waals surface area contributed by atoms with Crippen LogP contribution in [0.5, 0.6) is 0 Å². The van der Waals surface area contributed by atoms with Gasteiger partial charge in [-0.25, -0.2) is 0 Å². The van der Waals surface area contributed by atoms with E-state index in [-0.39, 0.29) is 24.5 Å². The van der Waals surface area contributed by atoms with E-state index >= 15 is 0 Å². The maximum Gasteiger partial charge on any atom is 0.245 e. The first-order chi connectivity index (χ1) is 9.06. The molecule has 1 atom stereocenters. The van der Waals surface area contributed by atoms with Gasteiger partial charge >= 0.3 is 0 Å². The summed E-state index contributed by atoms with van der Waals surface area (Å²) in [5.74, 6) is -0.125. The van der Waals surface area contributed by atoms with Crippen LogP contribution in [0.25, 0.3) is 0 Å². The molecule has 0 aromatic carbocycles. The Hall–Kier alpha value is -1.14. The second-order valence-electron chi connectivity index (χ2n) is 4.94. The number of ether oxygens (including phenoxy) is 1. The first-order valence-corrected chi connectivity index (χ1v) is 6.94. The first-order valence-electron chi connectivity index (χ1n) is 6.94. The number of hydrogen-bond donors (Lipinski definition) is 2. The molecule has 1 fully saturated rings. The van der Waals surface area contributed by atoms with Gasteiger partial charge in [0.1, 0.15) is 6.04 Å². The zero-order valence-electron chi connectivity index (χ0n) is 12.1. The summed E-state index contributed by atoms with van der Waals surface area (Å²) in [5, 5.41) is 5.95. The summed E-state index contributed by atoms with van der Waals surface area (Å²) in [6, 6.07) is -0.432. The Balaban J connectivity index is 2.56. The van der Waals surface area contributed by atoms with Crippen LogP contribution in [0.4, 0.5) is 0 Å². The molecule has 1 aliphatic heterocycles. The minimum Gasteiger partial charge on any atom is -0.377 e. The van der Waals surface area contributed by atoms with E-state index in [1.165, 1.54) is 0 Å². The third-order valence-corrected chi connectivity index (χ3v) is 2.95. The molecule has 0 spiro atoms. The number of carbonyl (C=O) groups excluding carboxylic acids is 2. The summed E-state index contributed by atoms with van der Waals surface area (Å²) in [7, 11) is 0. The van der Waals surface area contributed by atoms with Crippen LogP contribution in [0.15, 0.2) is 0 Å². The lowest BCUT2D eigenvalue weighted by atomic mass is 10.1. The molecular formula is C13H25N3O3. The van der Waals surface area contributed by atoms with Gasteiger partial charge in [-0.3, -0.25) is 9.59 Å². The van der Waals surface area contributed by atoms with E-state index < -0.39 is 6.04 Å². The van der Waals surface area contributed by atoms with Gasteiger partial charge < -0.3 is 20.3 Å². The Morgan fingerprint density at radius 1 is 1.42 bits per heavy atom. The lowest BCUT2D eigenvalue weighted by molar-refractivity contribution is -0.148. The minimum absolute atomic E-state index is 0.00755. The van der Waals surface area contributed by atoms with Gasteiger partial charge in [0.2, 0.25) is 11.8 Å². The molecule has 1 heterocycles. The van der Waals surface area contributed by atoms with Crippen molar-refractivity contribution in [3.8, 4) is 0 Å². The second-order valence-corrected chi connectivity index (χ2v) is 4.94. The standard InChI is InChI=1S/C13H25N3O3/c1-4-14-6-5-12(17)16-7-8-19-9-11(16)13(18)15-10(2)3/h10-11,14H,4-9H2,1-3H3,(H,15,18). The molecule has 0 radical (unpaired) electrons. The van der Waals surface area contributed by atoms with Crippen molar-refractivity contribution >= 4 is 11.8 Å². The first kappa shape index (κ1) is 15.9. The highest BCUT2D eigenvalue weighted by Gasteiger charge is 2.32. The van der Waals surface area contributed by atoms with E-state index in [2.05, 4.69) is 10.6 Å². The van der Waals surface area contributed by atoms with Crippen molar-refractivity contribution < 1.29 is 14.3 Å². The highest BCUT2D eigenvalue weighted by molar-refractivity contribution is 5.88. The van der Waals surface area contributed by atoms with Gasteiger partial charge in [-0.15, -0.1) is 0 Å². The number of rotatable bonds is 6. The zero-order valence-corrected chi connectivity index (χ0v) is 12.1. The molecule has 2 amide bonds. The van der Waals surface area contributed by atoms with Crippen LogP contribution in [0.3, 0.4) is 0 Å². The molecule has 0 aromatic rings. The van der Waals surface area contributed by atoms with Gasteiger partial charge in [0.25, 0.3) is 0 Å². The van der Waals surface area contributed by atoms with Gasteiger partial charge in [-0.1, -0.05) is 6.92 Å². The highest BCUT2D eigenvalue weighted by atomic mass is 16.5. The summed E-state index contributed by atoms with van der Waals surface area (Å²) < 4.78 is 5.32. The molecule has 6 nitrogen and oxygen atoms in total. The van der Waals surface area contributed by atoms with E-state index in [0.29, 0.717) is 26.1 Å². The van der Waals surface area contributed by atoms with E-state index in [4.69, 9.17) is 4.74 Å². The lowest BCUT2D eigenvalue weighted by Crippen LogP contribution is -2.57. The molecule has 1 aliphatic rings. The van der Waals surface area contributed by atoms with Crippen LogP contribution in [0.1, 0.15) is 27.2 Å². The average molecular weight is 271 g/mol. The minimum atomic E-state index is -0.495. The van der Waals surface area contributed by atoms with Gasteiger partial charge in [0.15, 0.2) is 0 Å². The van der Waals surface area contributed by atoms with Crippen LogP contribution in [0.2, 0.25) is 0 Å².